The Morgan fingerprint density at radius 2 is 2.06 bits per heavy atom. The zero-order valence-electron chi connectivity index (χ0n) is 9.96. The summed E-state index contributed by atoms with van der Waals surface area (Å²) < 4.78 is 10.1. The minimum absolute atomic E-state index is 0.00667. The highest BCUT2D eigenvalue weighted by atomic mass is 16.5. The maximum atomic E-state index is 11.4. The Morgan fingerprint density at radius 1 is 1.31 bits per heavy atom. The first-order chi connectivity index (χ1) is 7.69. The number of carbonyl (C=O) groups excluding carboxylic acids is 1. The van der Waals surface area contributed by atoms with Crippen LogP contribution in [-0.2, 0) is 14.3 Å². The minimum Gasteiger partial charge on any atom is -0.382 e. The topological polar surface area (TPSA) is 73.6 Å². The van der Waals surface area contributed by atoms with Crippen molar-refractivity contribution in [3.63, 3.8) is 0 Å². The summed E-state index contributed by atoms with van der Waals surface area (Å²) in [5.74, 6) is -0.00667. The van der Waals surface area contributed by atoms with E-state index in [9.17, 15) is 4.79 Å². The first kappa shape index (κ1) is 13.4. The lowest BCUT2D eigenvalue weighted by Gasteiger charge is -2.09. The Morgan fingerprint density at radius 3 is 2.69 bits per heavy atom. The van der Waals surface area contributed by atoms with Gasteiger partial charge in [0, 0.05) is 20.3 Å². The highest BCUT2D eigenvalue weighted by Crippen LogP contribution is 2.31. The predicted octanol–water partition coefficient (Wildman–Crippen LogP) is 0.0371. The van der Waals surface area contributed by atoms with Crippen LogP contribution in [0, 0.1) is 0 Å². The molecule has 0 aliphatic heterocycles. The van der Waals surface area contributed by atoms with Gasteiger partial charge >= 0.3 is 0 Å². The standard InChI is InChI=1S/C11H22N2O3/c1-15-8-9-16-7-3-2-6-13-10(14)11(12)4-5-11/h2-9,12H2,1H3,(H,13,14). The van der Waals surface area contributed by atoms with E-state index in [1.54, 1.807) is 7.11 Å². The second-order valence-electron chi connectivity index (χ2n) is 4.22. The quantitative estimate of drug-likeness (QED) is 0.548. The van der Waals surface area contributed by atoms with Gasteiger partial charge in [0.2, 0.25) is 5.91 Å². The Hall–Kier alpha value is -0.650. The average molecular weight is 230 g/mol. The zero-order valence-corrected chi connectivity index (χ0v) is 9.96. The number of nitrogens with two attached hydrogens (primary N) is 1. The van der Waals surface area contributed by atoms with Gasteiger partial charge in [0.05, 0.1) is 18.8 Å². The smallest absolute Gasteiger partial charge is 0.240 e. The summed E-state index contributed by atoms with van der Waals surface area (Å²) in [7, 11) is 1.65. The van der Waals surface area contributed by atoms with Gasteiger partial charge in [-0.15, -0.1) is 0 Å². The SMILES string of the molecule is COCCOCCCCNC(=O)C1(N)CC1. The molecule has 0 saturated heterocycles. The highest BCUT2D eigenvalue weighted by molar-refractivity contribution is 5.88. The molecule has 0 bridgehead atoms. The lowest BCUT2D eigenvalue weighted by molar-refractivity contribution is -0.123. The van der Waals surface area contributed by atoms with Crippen molar-refractivity contribution in [2.24, 2.45) is 5.73 Å². The van der Waals surface area contributed by atoms with Crippen LogP contribution in [0.3, 0.4) is 0 Å². The van der Waals surface area contributed by atoms with Crippen molar-refractivity contribution in [3.8, 4) is 0 Å². The van der Waals surface area contributed by atoms with Gasteiger partial charge in [-0.05, 0) is 25.7 Å². The molecule has 1 aliphatic carbocycles. The molecule has 1 rings (SSSR count). The maximum absolute atomic E-state index is 11.4. The second kappa shape index (κ2) is 6.83. The third kappa shape index (κ3) is 4.92. The van der Waals surface area contributed by atoms with Crippen LogP contribution in [0.1, 0.15) is 25.7 Å². The number of hydrogen-bond acceptors (Lipinski definition) is 4. The zero-order chi connectivity index (χ0) is 11.9. The fraction of sp³-hybridized carbons (Fsp3) is 0.909. The first-order valence-electron chi connectivity index (χ1n) is 5.83. The molecule has 0 aromatic rings. The third-order valence-corrected chi connectivity index (χ3v) is 2.67. The molecule has 3 N–H and O–H groups in total. The Labute approximate surface area is 96.7 Å². The summed E-state index contributed by atoms with van der Waals surface area (Å²) in [5, 5.41) is 2.84. The molecule has 1 fully saturated rings. The summed E-state index contributed by atoms with van der Waals surface area (Å²) >= 11 is 0. The number of rotatable bonds is 9. The molecule has 1 aliphatic rings. The van der Waals surface area contributed by atoms with Crippen molar-refractivity contribution in [3.05, 3.63) is 0 Å². The number of methoxy groups -OCH3 is 1. The average Bonchev–Trinajstić information content (AvgIpc) is 3.01. The molecular weight excluding hydrogens is 208 g/mol. The summed E-state index contributed by atoms with van der Waals surface area (Å²) in [6, 6.07) is 0. The molecule has 0 aromatic carbocycles. The molecule has 0 spiro atoms. The summed E-state index contributed by atoms with van der Waals surface area (Å²) in [4.78, 5) is 11.4. The van der Waals surface area contributed by atoms with Crippen molar-refractivity contribution >= 4 is 5.91 Å². The lowest BCUT2D eigenvalue weighted by atomic mass is 10.2. The molecule has 0 aromatic heterocycles. The van der Waals surface area contributed by atoms with Gasteiger partial charge in [-0.2, -0.15) is 0 Å². The molecule has 5 nitrogen and oxygen atoms in total. The van der Waals surface area contributed by atoms with E-state index in [1.165, 1.54) is 0 Å². The molecule has 16 heavy (non-hydrogen) atoms. The van der Waals surface area contributed by atoms with E-state index in [1.807, 2.05) is 0 Å². The fourth-order valence-electron chi connectivity index (χ4n) is 1.31. The molecule has 0 radical (unpaired) electrons. The molecule has 94 valence electrons. The van der Waals surface area contributed by atoms with E-state index in [0.29, 0.717) is 26.4 Å². The van der Waals surface area contributed by atoms with E-state index in [0.717, 1.165) is 25.7 Å². The van der Waals surface area contributed by atoms with Gasteiger partial charge in [-0.1, -0.05) is 0 Å². The van der Waals surface area contributed by atoms with E-state index in [2.05, 4.69) is 5.32 Å². The van der Waals surface area contributed by atoms with Gasteiger partial charge < -0.3 is 20.5 Å². The summed E-state index contributed by atoms with van der Waals surface area (Å²) in [6.07, 6.45) is 3.51. The molecular formula is C11H22N2O3. The lowest BCUT2D eigenvalue weighted by Crippen LogP contribution is -2.43. The minimum atomic E-state index is -0.547. The monoisotopic (exact) mass is 230 g/mol. The molecule has 0 atom stereocenters. The largest absolute Gasteiger partial charge is 0.382 e. The van der Waals surface area contributed by atoms with Crippen molar-refractivity contribution in [1.29, 1.82) is 0 Å². The van der Waals surface area contributed by atoms with Crippen molar-refractivity contribution < 1.29 is 14.3 Å². The van der Waals surface area contributed by atoms with Gasteiger partial charge in [0.15, 0.2) is 0 Å². The number of carbonyl (C=O) groups is 1. The molecule has 0 unspecified atom stereocenters. The highest BCUT2D eigenvalue weighted by Gasteiger charge is 2.45. The van der Waals surface area contributed by atoms with Gasteiger partial charge in [0.25, 0.3) is 0 Å². The number of hydrogen-bond donors (Lipinski definition) is 2. The van der Waals surface area contributed by atoms with Crippen LogP contribution >= 0.6 is 0 Å². The van der Waals surface area contributed by atoms with Gasteiger partial charge in [-0.3, -0.25) is 4.79 Å². The Bertz CT molecular complexity index is 217. The Balaban J connectivity index is 1.83. The molecule has 5 heteroatoms. The number of ether oxygens (including phenoxy) is 2. The van der Waals surface area contributed by atoms with Crippen LogP contribution in [0.25, 0.3) is 0 Å². The molecule has 1 saturated carbocycles. The van der Waals surface area contributed by atoms with E-state index in [-0.39, 0.29) is 5.91 Å². The van der Waals surface area contributed by atoms with Crippen molar-refractivity contribution in [1.82, 2.24) is 5.32 Å². The normalized spacial score (nSPS) is 17.1. The van der Waals surface area contributed by atoms with Crippen LogP contribution in [0.15, 0.2) is 0 Å². The Kier molecular flexibility index (Phi) is 5.73. The van der Waals surface area contributed by atoms with Crippen LogP contribution in [0.5, 0.6) is 0 Å². The van der Waals surface area contributed by atoms with Crippen LogP contribution in [0.2, 0.25) is 0 Å². The third-order valence-electron chi connectivity index (χ3n) is 2.67. The van der Waals surface area contributed by atoms with Crippen LogP contribution < -0.4 is 11.1 Å². The summed E-state index contributed by atoms with van der Waals surface area (Å²) in [6.45, 7) is 2.67. The van der Waals surface area contributed by atoms with E-state index < -0.39 is 5.54 Å². The van der Waals surface area contributed by atoms with Crippen LogP contribution in [-0.4, -0.2) is 44.9 Å². The predicted molar refractivity (Wildman–Crippen MR) is 61.1 cm³/mol. The van der Waals surface area contributed by atoms with E-state index in [4.69, 9.17) is 15.2 Å². The second-order valence-corrected chi connectivity index (χ2v) is 4.22. The van der Waals surface area contributed by atoms with Gasteiger partial charge in [0.1, 0.15) is 0 Å². The van der Waals surface area contributed by atoms with E-state index >= 15 is 0 Å². The first-order valence-corrected chi connectivity index (χ1v) is 5.83. The van der Waals surface area contributed by atoms with Crippen LogP contribution in [0.4, 0.5) is 0 Å². The van der Waals surface area contributed by atoms with Gasteiger partial charge in [-0.25, -0.2) is 0 Å². The molecule has 1 amide bonds. The number of nitrogens with one attached hydrogen (secondary N) is 1. The summed E-state index contributed by atoms with van der Waals surface area (Å²) in [5.41, 5.74) is 5.19. The number of amides is 1. The fourth-order valence-corrected chi connectivity index (χ4v) is 1.31. The molecule has 0 heterocycles. The van der Waals surface area contributed by atoms with Crippen molar-refractivity contribution in [2.75, 3.05) is 33.5 Å². The number of unbranched alkanes of at least 4 members (excludes halogenated alkanes) is 1. The van der Waals surface area contributed by atoms with Crippen molar-refractivity contribution in [2.45, 2.75) is 31.2 Å². The maximum Gasteiger partial charge on any atom is 0.240 e.